The SMILES string of the molecule is C#CCOc1c(Cl)cc(/C=C2\SC(=Nc3cccc(C(=O)O)c3)N(CC)C2=O)cc1Cl. The Morgan fingerprint density at radius 3 is 2.65 bits per heavy atom. The molecular formula is C22H16Cl2N2O4S. The van der Waals surface area contributed by atoms with Crippen LogP contribution in [0.3, 0.4) is 0 Å². The molecule has 0 saturated carbocycles. The van der Waals surface area contributed by atoms with Crippen LogP contribution < -0.4 is 4.74 Å². The van der Waals surface area contributed by atoms with Crippen molar-refractivity contribution in [3.8, 4) is 18.1 Å². The van der Waals surface area contributed by atoms with Crippen LogP contribution in [0.4, 0.5) is 5.69 Å². The highest BCUT2D eigenvalue weighted by Gasteiger charge is 2.32. The molecule has 0 atom stereocenters. The highest BCUT2D eigenvalue weighted by molar-refractivity contribution is 8.18. The molecule has 1 fully saturated rings. The predicted octanol–water partition coefficient (Wildman–Crippen LogP) is 5.33. The van der Waals surface area contributed by atoms with Crippen LogP contribution in [0.25, 0.3) is 6.08 Å². The summed E-state index contributed by atoms with van der Waals surface area (Å²) in [6.45, 7) is 2.26. The number of carbonyl (C=O) groups is 2. The molecule has 1 N–H and O–H groups in total. The third-order valence-corrected chi connectivity index (χ3v) is 5.71. The summed E-state index contributed by atoms with van der Waals surface area (Å²) in [6.07, 6.45) is 6.85. The second kappa shape index (κ2) is 9.92. The number of rotatable bonds is 6. The number of carboxylic acid groups (broad SMARTS) is 1. The lowest BCUT2D eigenvalue weighted by Gasteiger charge is -2.12. The number of likely N-dealkylation sites (N-methyl/N-ethyl adjacent to an activating group) is 1. The van der Waals surface area contributed by atoms with E-state index >= 15 is 0 Å². The van der Waals surface area contributed by atoms with Crippen molar-refractivity contribution in [1.82, 2.24) is 4.90 Å². The summed E-state index contributed by atoms with van der Waals surface area (Å²) in [4.78, 5) is 30.4. The van der Waals surface area contributed by atoms with E-state index < -0.39 is 5.97 Å². The number of hydrogen-bond acceptors (Lipinski definition) is 5. The summed E-state index contributed by atoms with van der Waals surface area (Å²) >= 11 is 13.7. The molecule has 1 heterocycles. The predicted molar refractivity (Wildman–Crippen MR) is 124 cm³/mol. The van der Waals surface area contributed by atoms with E-state index in [1.54, 1.807) is 30.3 Å². The van der Waals surface area contributed by atoms with Gasteiger partial charge in [0, 0.05) is 6.54 Å². The second-order valence-corrected chi connectivity index (χ2v) is 8.04. The standard InChI is InChI=1S/C22H16Cl2N2O4S/c1-3-8-30-19-16(23)9-13(10-17(19)24)11-18-20(27)26(4-2)22(31-18)25-15-7-5-6-14(12-15)21(28)29/h1,5-7,9-12H,4,8H2,2H3,(H,28,29)/b18-11-,25-22?. The van der Waals surface area contributed by atoms with Crippen LogP contribution in [0.15, 0.2) is 46.3 Å². The molecule has 1 aliphatic heterocycles. The van der Waals surface area contributed by atoms with Crippen molar-refractivity contribution in [3.63, 3.8) is 0 Å². The van der Waals surface area contributed by atoms with Crippen LogP contribution in [0.2, 0.25) is 10.0 Å². The van der Waals surface area contributed by atoms with E-state index in [4.69, 9.17) is 39.5 Å². The van der Waals surface area contributed by atoms with Gasteiger partial charge in [0.05, 0.1) is 26.2 Å². The van der Waals surface area contributed by atoms with Crippen molar-refractivity contribution >= 4 is 63.8 Å². The van der Waals surface area contributed by atoms with Crippen molar-refractivity contribution in [2.24, 2.45) is 4.99 Å². The van der Waals surface area contributed by atoms with Gasteiger partial charge in [0.15, 0.2) is 10.9 Å². The van der Waals surface area contributed by atoms with Gasteiger partial charge in [-0.15, -0.1) is 6.42 Å². The van der Waals surface area contributed by atoms with Gasteiger partial charge in [-0.05, 0) is 60.7 Å². The van der Waals surface area contributed by atoms with Crippen LogP contribution in [-0.4, -0.2) is 40.2 Å². The van der Waals surface area contributed by atoms with Gasteiger partial charge in [0.2, 0.25) is 0 Å². The molecule has 0 radical (unpaired) electrons. The number of thioether (sulfide) groups is 1. The second-order valence-electron chi connectivity index (χ2n) is 6.22. The number of aromatic carboxylic acids is 1. The van der Waals surface area contributed by atoms with Crippen molar-refractivity contribution in [2.45, 2.75) is 6.92 Å². The highest BCUT2D eigenvalue weighted by atomic mass is 35.5. The number of carboxylic acids is 1. The Hall–Kier alpha value is -2.92. The van der Waals surface area contributed by atoms with Crippen LogP contribution in [0.5, 0.6) is 5.75 Å². The monoisotopic (exact) mass is 474 g/mol. The van der Waals surface area contributed by atoms with Crippen LogP contribution >= 0.6 is 35.0 Å². The zero-order valence-corrected chi connectivity index (χ0v) is 18.6. The van der Waals surface area contributed by atoms with E-state index in [9.17, 15) is 9.59 Å². The van der Waals surface area contributed by atoms with E-state index in [2.05, 4.69) is 10.9 Å². The third kappa shape index (κ3) is 5.23. The first kappa shape index (κ1) is 22.8. The molecule has 31 heavy (non-hydrogen) atoms. The van der Waals surface area contributed by atoms with E-state index in [1.807, 2.05) is 6.92 Å². The number of terminal acetylenes is 1. The van der Waals surface area contributed by atoms with Crippen molar-refractivity contribution in [3.05, 3.63) is 62.5 Å². The summed E-state index contributed by atoms with van der Waals surface area (Å²) in [5.74, 6) is 1.36. The first-order chi connectivity index (χ1) is 14.8. The molecule has 0 bridgehead atoms. The highest BCUT2D eigenvalue weighted by Crippen LogP contribution is 2.38. The molecule has 0 aliphatic carbocycles. The van der Waals surface area contributed by atoms with Gasteiger partial charge >= 0.3 is 5.97 Å². The van der Waals surface area contributed by atoms with Gasteiger partial charge in [0.1, 0.15) is 6.61 Å². The zero-order chi connectivity index (χ0) is 22.5. The maximum Gasteiger partial charge on any atom is 0.335 e. The quantitative estimate of drug-likeness (QED) is 0.452. The summed E-state index contributed by atoms with van der Waals surface area (Å²) in [5, 5.41) is 10.2. The number of amides is 1. The molecule has 1 aliphatic rings. The minimum absolute atomic E-state index is 0.0303. The zero-order valence-electron chi connectivity index (χ0n) is 16.3. The van der Waals surface area contributed by atoms with Gasteiger partial charge in [-0.25, -0.2) is 9.79 Å². The lowest BCUT2D eigenvalue weighted by atomic mass is 10.2. The van der Waals surface area contributed by atoms with Crippen LogP contribution in [0, 0.1) is 12.3 Å². The Bertz CT molecular complexity index is 1130. The molecule has 9 heteroatoms. The van der Waals surface area contributed by atoms with Gasteiger partial charge < -0.3 is 9.84 Å². The van der Waals surface area contributed by atoms with E-state index in [0.29, 0.717) is 27.9 Å². The Morgan fingerprint density at radius 1 is 1.32 bits per heavy atom. The number of nitrogens with zero attached hydrogens (tertiary/aromatic N) is 2. The number of benzene rings is 2. The lowest BCUT2D eigenvalue weighted by Crippen LogP contribution is -2.28. The smallest absolute Gasteiger partial charge is 0.335 e. The topological polar surface area (TPSA) is 79.2 Å². The molecule has 1 amide bonds. The van der Waals surface area contributed by atoms with Gasteiger partial charge in [0.25, 0.3) is 5.91 Å². The first-order valence-electron chi connectivity index (χ1n) is 9.02. The molecule has 0 aromatic heterocycles. The normalized spacial score (nSPS) is 16.1. The van der Waals surface area contributed by atoms with E-state index in [1.165, 1.54) is 28.8 Å². The Morgan fingerprint density at radius 2 is 2.03 bits per heavy atom. The fraction of sp³-hybridized carbons (Fsp3) is 0.136. The number of halogens is 2. The maximum atomic E-state index is 12.8. The van der Waals surface area contributed by atoms with Gasteiger partial charge in [-0.1, -0.05) is 35.2 Å². The maximum absolute atomic E-state index is 12.8. The average Bonchev–Trinajstić information content (AvgIpc) is 3.01. The van der Waals surface area contributed by atoms with Crippen molar-refractivity contribution < 1.29 is 19.4 Å². The Labute approximate surface area is 193 Å². The minimum Gasteiger partial charge on any atom is -0.478 e. The Kier molecular flexibility index (Phi) is 7.29. The largest absolute Gasteiger partial charge is 0.478 e. The summed E-state index contributed by atoms with van der Waals surface area (Å²) < 4.78 is 5.35. The number of ether oxygens (including phenoxy) is 1. The Balaban J connectivity index is 1.93. The van der Waals surface area contributed by atoms with Crippen molar-refractivity contribution in [1.29, 1.82) is 0 Å². The molecule has 1 saturated heterocycles. The number of amidine groups is 1. The minimum atomic E-state index is -1.05. The molecule has 2 aromatic rings. The summed E-state index contributed by atoms with van der Waals surface area (Å²) in [5.41, 5.74) is 1.17. The number of hydrogen-bond donors (Lipinski definition) is 1. The van der Waals surface area contributed by atoms with E-state index in [0.717, 1.165) is 0 Å². The van der Waals surface area contributed by atoms with Crippen LogP contribution in [0.1, 0.15) is 22.8 Å². The average molecular weight is 475 g/mol. The molecule has 3 rings (SSSR count). The lowest BCUT2D eigenvalue weighted by molar-refractivity contribution is -0.122. The van der Waals surface area contributed by atoms with E-state index in [-0.39, 0.29) is 33.9 Å². The first-order valence-corrected chi connectivity index (χ1v) is 10.6. The molecule has 6 nitrogen and oxygen atoms in total. The third-order valence-electron chi connectivity index (χ3n) is 4.14. The molecule has 0 spiro atoms. The van der Waals surface area contributed by atoms with Gasteiger partial charge in [-0.2, -0.15) is 0 Å². The number of carbonyl (C=O) groups excluding carboxylic acids is 1. The fourth-order valence-electron chi connectivity index (χ4n) is 2.76. The summed E-state index contributed by atoms with van der Waals surface area (Å²) in [6, 6.07) is 9.46. The molecule has 2 aromatic carbocycles. The van der Waals surface area contributed by atoms with Crippen LogP contribution in [-0.2, 0) is 4.79 Å². The summed E-state index contributed by atoms with van der Waals surface area (Å²) in [7, 11) is 0. The molecule has 158 valence electrons. The van der Waals surface area contributed by atoms with Gasteiger partial charge in [-0.3, -0.25) is 9.69 Å². The molecule has 0 unspecified atom stereocenters. The fourth-order valence-corrected chi connectivity index (χ4v) is 4.43. The molecular weight excluding hydrogens is 459 g/mol. The van der Waals surface area contributed by atoms with Crippen molar-refractivity contribution in [2.75, 3.05) is 13.2 Å². The number of aliphatic imine (C=N–C) groups is 1.